The molecule has 0 aromatic rings. The second kappa shape index (κ2) is 8.13. The van der Waals surface area contributed by atoms with E-state index in [0.29, 0.717) is 0 Å². The van der Waals surface area contributed by atoms with E-state index in [9.17, 15) is 4.79 Å². The Labute approximate surface area is 97.7 Å². The van der Waals surface area contributed by atoms with Crippen molar-refractivity contribution in [3.05, 3.63) is 0 Å². The molecule has 1 fully saturated rings. The van der Waals surface area contributed by atoms with Gasteiger partial charge in [-0.05, 0) is 25.7 Å². The molecular weight excluding hydrogens is 202 g/mol. The van der Waals surface area contributed by atoms with Crippen LogP contribution in [0, 0.1) is 0 Å². The highest BCUT2D eigenvalue weighted by atomic mass is 16.2. The second-order valence-corrected chi connectivity index (χ2v) is 4.48. The van der Waals surface area contributed by atoms with Crippen LogP contribution < -0.4 is 11.2 Å². The molecule has 1 rings (SSSR count). The first-order chi connectivity index (χ1) is 7.79. The predicted molar refractivity (Wildman–Crippen MR) is 66.3 cm³/mol. The molecule has 1 saturated carbocycles. The average molecular weight is 225 g/mol. The number of nitrogens with one attached hydrogen (secondary N) is 1. The topological polar surface area (TPSA) is 67.5 Å². The van der Waals surface area contributed by atoms with Crippen molar-refractivity contribution in [1.29, 1.82) is 0 Å². The molecule has 0 aromatic carbocycles. The highest BCUT2D eigenvalue weighted by Crippen LogP contribution is 2.15. The number of carbonyl (C=O) groups is 1. The minimum atomic E-state index is -0.568. The maximum absolute atomic E-state index is 10.6. The zero-order valence-corrected chi connectivity index (χ0v) is 10.0. The third-order valence-corrected chi connectivity index (χ3v) is 3.00. The molecule has 3 N–H and O–H groups in total. The van der Waals surface area contributed by atoms with Gasteiger partial charge < -0.3 is 5.73 Å². The number of urea groups is 1. The zero-order chi connectivity index (χ0) is 11.6. The molecule has 0 heterocycles. The second-order valence-electron chi connectivity index (χ2n) is 4.48. The number of hydrogen-bond donors (Lipinski definition) is 2. The molecule has 2 amide bonds. The molecule has 0 unspecified atom stereocenters. The van der Waals surface area contributed by atoms with E-state index in [-0.39, 0.29) is 0 Å². The largest absolute Gasteiger partial charge is 0.350 e. The number of nitrogens with two attached hydrogens (primary N) is 1. The lowest BCUT2D eigenvalue weighted by Crippen LogP contribution is -2.25. The van der Waals surface area contributed by atoms with Crippen LogP contribution in [-0.4, -0.2) is 11.7 Å². The van der Waals surface area contributed by atoms with Gasteiger partial charge in [0.15, 0.2) is 0 Å². The van der Waals surface area contributed by atoms with E-state index >= 15 is 0 Å². The first-order valence-corrected chi connectivity index (χ1v) is 6.40. The standard InChI is InChI=1S/C12H23N3O/c13-12(16)15-14-11-9-7-5-3-1-2-4-6-8-10-11/h1-10H2,(H3,13,15,16). The Hall–Kier alpha value is -1.06. The van der Waals surface area contributed by atoms with E-state index in [1.807, 2.05) is 0 Å². The summed E-state index contributed by atoms with van der Waals surface area (Å²) in [6.45, 7) is 0. The number of hydrogen-bond acceptors (Lipinski definition) is 2. The van der Waals surface area contributed by atoms with Crippen LogP contribution >= 0.6 is 0 Å². The summed E-state index contributed by atoms with van der Waals surface area (Å²) in [6, 6.07) is -0.568. The maximum atomic E-state index is 10.6. The van der Waals surface area contributed by atoms with Gasteiger partial charge in [-0.25, -0.2) is 10.2 Å². The third kappa shape index (κ3) is 6.43. The van der Waals surface area contributed by atoms with Gasteiger partial charge >= 0.3 is 6.03 Å². The van der Waals surface area contributed by atoms with E-state index < -0.39 is 6.03 Å². The summed E-state index contributed by atoms with van der Waals surface area (Å²) < 4.78 is 0. The molecule has 0 spiro atoms. The van der Waals surface area contributed by atoms with Crippen LogP contribution in [0.25, 0.3) is 0 Å². The van der Waals surface area contributed by atoms with Crippen molar-refractivity contribution in [3.63, 3.8) is 0 Å². The summed E-state index contributed by atoms with van der Waals surface area (Å²) in [4.78, 5) is 10.6. The van der Waals surface area contributed by atoms with Crippen LogP contribution in [-0.2, 0) is 0 Å². The Morgan fingerprint density at radius 3 is 1.81 bits per heavy atom. The fraction of sp³-hybridized carbons (Fsp3) is 0.833. The van der Waals surface area contributed by atoms with Crippen LogP contribution in [0.5, 0.6) is 0 Å². The molecular formula is C12H23N3O. The summed E-state index contributed by atoms with van der Waals surface area (Å²) in [5, 5.41) is 4.08. The predicted octanol–water partition coefficient (Wildman–Crippen LogP) is 2.93. The SMILES string of the molecule is NC(=O)NN=C1CCCCCCCCCC1. The number of amides is 2. The summed E-state index contributed by atoms with van der Waals surface area (Å²) in [6.07, 6.45) is 12.3. The fourth-order valence-corrected chi connectivity index (χ4v) is 2.09. The first kappa shape index (κ1) is 13.0. The van der Waals surface area contributed by atoms with E-state index in [1.54, 1.807) is 0 Å². The van der Waals surface area contributed by atoms with Gasteiger partial charge in [-0.1, -0.05) is 38.5 Å². The summed E-state index contributed by atoms with van der Waals surface area (Å²) in [7, 11) is 0. The van der Waals surface area contributed by atoms with Crippen molar-refractivity contribution < 1.29 is 4.79 Å². The minimum Gasteiger partial charge on any atom is -0.350 e. The van der Waals surface area contributed by atoms with Gasteiger partial charge in [0, 0.05) is 5.71 Å². The molecule has 0 bridgehead atoms. The van der Waals surface area contributed by atoms with Gasteiger partial charge in [0.2, 0.25) is 0 Å². The van der Waals surface area contributed by atoms with Crippen LogP contribution in [0.4, 0.5) is 4.79 Å². The Bertz CT molecular complexity index is 224. The van der Waals surface area contributed by atoms with Gasteiger partial charge in [-0.15, -0.1) is 0 Å². The Balaban J connectivity index is 2.38. The smallest absolute Gasteiger partial charge is 0.332 e. The molecule has 16 heavy (non-hydrogen) atoms. The molecule has 0 saturated heterocycles. The molecule has 0 radical (unpaired) electrons. The lowest BCUT2D eigenvalue weighted by molar-refractivity contribution is 0.249. The summed E-state index contributed by atoms with van der Waals surface area (Å²) in [5.41, 5.74) is 8.44. The van der Waals surface area contributed by atoms with Gasteiger partial charge in [0.05, 0.1) is 0 Å². The van der Waals surface area contributed by atoms with Crippen LogP contribution in [0.3, 0.4) is 0 Å². The summed E-state index contributed by atoms with van der Waals surface area (Å²) in [5.74, 6) is 0. The van der Waals surface area contributed by atoms with Crippen LogP contribution in [0.2, 0.25) is 0 Å². The van der Waals surface area contributed by atoms with E-state index in [1.165, 1.54) is 51.4 Å². The summed E-state index contributed by atoms with van der Waals surface area (Å²) >= 11 is 0. The monoisotopic (exact) mass is 225 g/mol. The lowest BCUT2D eigenvalue weighted by Gasteiger charge is -2.05. The Morgan fingerprint density at radius 2 is 1.38 bits per heavy atom. The van der Waals surface area contributed by atoms with Crippen molar-refractivity contribution in [3.8, 4) is 0 Å². The van der Waals surface area contributed by atoms with E-state index in [4.69, 9.17) is 5.73 Å². The molecule has 92 valence electrons. The van der Waals surface area contributed by atoms with E-state index in [0.717, 1.165) is 18.6 Å². The van der Waals surface area contributed by atoms with Crippen molar-refractivity contribution in [2.75, 3.05) is 0 Å². The zero-order valence-electron chi connectivity index (χ0n) is 10.0. The van der Waals surface area contributed by atoms with Crippen molar-refractivity contribution in [2.24, 2.45) is 10.8 Å². The van der Waals surface area contributed by atoms with Gasteiger partial charge in [0.25, 0.3) is 0 Å². The molecule has 1 aliphatic rings. The Morgan fingerprint density at radius 1 is 0.938 bits per heavy atom. The van der Waals surface area contributed by atoms with Gasteiger partial charge in [0.1, 0.15) is 0 Å². The highest BCUT2D eigenvalue weighted by molar-refractivity contribution is 5.85. The van der Waals surface area contributed by atoms with E-state index in [2.05, 4.69) is 10.5 Å². The molecule has 0 aliphatic heterocycles. The molecule has 4 heteroatoms. The normalized spacial score (nSPS) is 19.6. The lowest BCUT2D eigenvalue weighted by atomic mass is 10.1. The molecule has 0 aromatic heterocycles. The maximum Gasteiger partial charge on any atom is 0.332 e. The van der Waals surface area contributed by atoms with Crippen LogP contribution in [0.15, 0.2) is 5.10 Å². The van der Waals surface area contributed by atoms with Gasteiger partial charge in [-0.3, -0.25) is 0 Å². The van der Waals surface area contributed by atoms with Crippen molar-refractivity contribution in [1.82, 2.24) is 5.43 Å². The van der Waals surface area contributed by atoms with Crippen molar-refractivity contribution in [2.45, 2.75) is 64.2 Å². The third-order valence-electron chi connectivity index (χ3n) is 3.00. The minimum absolute atomic E-state index is 0.568. The number of nitrogens with zero attached hydrogens (tertiary/aromatic N) is 1. The highest BCUT2D eigenvalue weighted by Gasteiger charge is 2.03. The molecule has 0 atom stereocenters. The number of primary amides is 1. The molecule has 1 aliphatic carbocycles. The number of carbonyl (C=O) groups excluding carboxylic acids is 1. The quantitative estimate of drug-likeness (QED) is 0.662. The first-order valence-electron chi connectivity index (χ1n) is 6.40. The Kier molecular flexibility index (Phi) is 6.61. The molecule has 4 nitrogen and oxygen atoms in total. The number of hydrazone groups is 1. The number of rotatable bonds is 1. The average Bonchev–Trinajstić information content (AvgIpc) is 2.31. The van der Waals surface area contributed by atoms with Crippen molar-refractivity contribution >= 4 is 11.7 Å². The van der Waals surface area contributed by atoms with Crippen LogP contribution in [0.1, 0.15) is 64.2 Å². The fourth-order valence-electron chi connectivity index (χ4n) is 2.09. The van der Waals surface area contributed by atoms with Gasteiger partial charge in [-0.2, -0.15) is 5.10 Å².